The second-order valence-corrected chi connectivity index (χ2v) is 4.67. The van der Waals surface area contributed by atoms with Gasteiger partial charge in [-0.05, 0) is 48.4 Å². The Morgan fingerprint density at radius 1 is 1.05 bits per heavy atom. The van der Waals surface area contributed by atoms with Gasteiger partial charge in [-0.3, -0.25) is 4.79 Å². The zero-order chi connectivity index (χ0) is 15.4. The maximum absolute atomic E-state index is 11.9. The Balaban J connectivity index is 1.98. The van der Waals surface area contributed by atoms with E-state index < -0.39 is 6.04 Å². The number of carbonyl (C=O) groups excluding carboxylic acids is 1. The van der Waals surface area contributed by atoms with Gasteiger partial charge in [0.1, 0.15) is 5.75 Å². The second-order valence-electron chi connectivity index (χ2n) is 4.67. The van der Waals surface area contributed by atoms with Crippen LogP contribution in [0.25, 0.3) is 0 Å². The maximum Gasteiger partial charge on any atom is 0.241 e. The minimum atomic E-state index is -0.803. The Bertz CT molecular complexity index is 641. The Labute approximate surface area is 121 Å². The van der Waals surface area contributed by atoms with E-state index in [4.69, 9.17) is 10.8 Å². The summed E-state index contributed by atoms with van der Waals surface area (Å²) in [5.74, 6) is -0.746. The summed E-state index contributed by atoms with van der Waals surface area (Å²) in [6.07, 6.45) is 0.220. The molecule has 0 radical (unpaired) electrons. The van der Waals surface area contributed by atoms with E-state index in [9.17, 15) is 15.0 Å². The van der Waals surface area contributed by atoms with E-state index in [-0.39, 0.29) is 29.6 Å². The smallest absolute Gasteiger partial charge is 0.241 e. The summed E-state index contributed by atoms with van der Waals surface area (Å²) in [5, 5.41) is 30.4. The van der Waals surface area contributed by atoms with E-state index in [0.29, 0.717) is 11.3 Å². The minimum absolute atomic E-state index is 0.108. The van der Waals surface area contributed by atoms with E-state index in [1.54, 1.807) is 18.2 Å². The molecule has 6 nitrogen and oxygen atoms in total. The normalized spacial score (nSPS) is 11.9. The van der Waals surface area contributed by atoms with Gasteiger partial charge in [-0.25, -0.2) is 0 Å². The van der Waals surface area contributed by atoms with Crippen molar-refractivity contribution in [1.82, 2.24) is 0 Å². The highest BCUT2D eigenvalue weighted by atomic mass is 16.3. The first-order valence-corrected chi connectivity index (χ1v) is 6.32. The fourth-order valence-corrected chi connectivity index (χ4v) is 1.82. The van der Waals surface area contributed by atoms with Gasteiger partial charge in [0.2, 0.25) is 5.91 Å². The van der Waals surface area contributed by atoms with Gasteiger partial charge >= 0.3 is 0 Å². The lowest BCUT2D eigenvalue weighted by Crippen LogP contribution is -2.37. The molecular formula is C15H16N2O4. The Kier molecular flexibility index (Phi) is 4.30. The van der Waals surface area contributed by atoms with Crippen molar-refractivity contribution in [2.24, 2.45) is 5.73 Å². The van der Waals surface area contributed by atoms with Crippen LogP contribution in [0, 0.1) is 0 Å². The monoisotopic (exact) mass is 288 g/mol. The zero-order valence-electron chi connectivity index (χ0n) is 11.2. The molecule has 0 aromatic heterocycles. The summed E-state index contributed by atoms with van der Waals surface area (Å²) in [6, 6.07) is 9.53. The number of carbonyl (C=O) groups is 1. The van der Waals surface area contributed by atoms with Gasteiger partial charge in [-0.1, -0.05) is 6.07 Å². The molecule has 0 spiro atoms. The number of rotatable bonds is 4. The van der Waals surface area contributed by atoms with Crippen LogP contribution in [0.3, 0.4) is 0 Å². The highest BCUT2D eigenvalue weighted by molar-refractivity contribution is 5.94. The molecule has 110 valence electrons. The molecule has 0 bridgehead atoms. The molecule has 0 aliphatic heterocycles. The lowest BCUT2D eigenvalue weighted by Gasteiger charge is -2.13. The molecule has 0 heterocycles. The molecule has 1 atom stereocenters. The molecule has 2 aromatic carbocycles. The van der Waals surface area contributed by atoms with Crippen molar-refractivity contribution in [1.29, 1.82) is 0 Å². The summed E-state index contributed by atoms with van der Waals surface area (Å²) in [4.78, 5) is 11.9. The van der Waals surface area contributed by atoms with Gasteiger partial charge in [-0.2, -0.15) is 0 Å². The quantitative estimate of drug-likeness (QED) is 0.430. The number of aromatic hydroxyl groups is 3. The van der Waals surface area contributed by atoms with Crippen LogP contribution in [-0.2, 0) is 11.2 Å². The summed E-state index contributed by atoms with van der Waals surface area (Å²) in [6.45, 7) is 0. The Morgan fingerprint density at radius 2 is 1.71 bits per heavy atom. The van der Waals surface area contributed by atoms with E-state index in [1.165, 1.54) is 24.3 Å². The molecule has 6 N–H and O–H groups in total. The van der Waals surface area contributed by atoms with Gasteiger partial charge in [0, 0.05) is 5.69 Å². The molecule has 0 aliphatic rings. The third-order valence-electron chi connectivity index (χ3n) is 2.97. The van der Waals surface area contributed by atoms with Gasteiger partial charge < -0.3 is 26.4 Å². The summed E-state index contributed by atoms with van der Waals surface area (Å²) in [7, 11) is 0. The summed E-state index contributed by atoms with van der Waals surface area (Å²) >= 11 is 0. The van der Waals surface area contributed by atoms with Crippen molar-refractivity contribution in [3.05, 3.63) is 48.0 Å². The molecular weight excluding hydrogens is 272 g/mol. The third kappa shape index (κ3) is 3.87. The molecule has 0 saturated carbocycles. The standard InChI is InChI=1S/C15H16N2O4/c16-12(7-9-1-6-13(19)14(20)8-9)15(21)17-10-2-4-11(18)5-3-10/h1-6,8,12,18-20H,7,16H2,(H,17,21)/t12-/m0/s1. The molecule has 6 heteroatoms. The van der Waals surface area contributed by atoms with Crippen molar-refractivity contribution in [2.45, 2.75) is 12.5 Å². The van der Waals surface area contributed by atoms with Gasteiger partial charge in [0.25, 0.3) is 0 Å². The number of nitrogens with two attached hydrogens (primary N) is 1. The first kappa shape index (κ1) is 14.7. The number of benzene rings is 2. The van der Waals surface area contributed by atoms with Crippen molar-refractivity contribution < 1.29 is 20.1 Å². The number of hydrogen-bond donors (Lipinski definition) is 5. The van der Waals surface area contributed by atoms with Crippen LogP contribution in [0.2, 0.25) is 0 Å². The number of nitrogens with one attached hydrogen (secondary N) is 1. The van der Waals surface area contributed by atoms with Gasteiger partial charge in [0.05, 0.1) is 6.04 Å². The van der Waals surface area contributed by atoms with Crippen LogP contribution < -0.4 is 11.1 Å². The molecule has 0 fully saturated rings. The third-order valence-corrected chi connectivity index (χ3v) is 2.97. The Morgan fingerprint density at radius 3 is 2.33 bits per heavy atom. The summed E-state index contributed by atoms with van der Waals surface area (Å²) in [5.41, 5.74) is 6.98. The molecule has 1 amide bonds. The van der Waals surface area contributed by atoms with Crippen LogP contribution >= 0.6 is 0 Å². The van der Waals surface area contributed by atoms with E-state index in [2.05, 4.69) is 5.32 Å². The topological polar surface area (TPSA) is 116 Å². The average molecular weight is 288 g/mol. The van der Waals surface area contributed by atoms with Crippen molar-refractivity contribution in [2.75, 3.05) is 5.32 Å². The van der Waals surface area contributed by atoms with Crippen LogP contribution in [0.4, 0.5) is 5.69 Å². The molecule has 0 unspecified atom stereocenters. The van der Waals surface area contributed by atoms with Gasteiger partial charge in [-0.15, -0.1) is 0 Å². The van der Waals surface area contributed by atoms with Gasteiger partial charge in [0.15, 0.2) is 11.5 Å². The van der Waals surface area contributed by atoms with Crippen LogP contribution in [0.5, 0.6) is 17.2 Å². The maximum atomic E-state index is 11.9. The fraction of sp³-hybridized carbons (Fsp3) is 0.133. The summed E-state index contributed by atoms with van der Waals surface area (Å²) < 4.78 is 0. The lowest BCUT2D eigenvalue weighted by atomic mass is 10.1. The van der Waals surface area contributed by atoms with Crippen LogP contribution in [0.1, 0.15) is 5.56 Å². The minimum Gasteiger partial charge on any atom is -0.508 e. The first-order chi connectivity index (χ1) is 9.95. The number of hydrogen-bond acceptors (Lipinski definition) is 5. The van der Waals surface area contributed by atoms with Crippen molar-refractivity contribution >= 4 is 11.6 Å². The Hall–Kier alpha value is -2.73. The lowest BCUT2D eigenvalue weighted by molar-refractivity contribution is -0.117. The molecule has 2 aromatic rings. The molecule has 0 saturated heterocycles. The van der Waals surface area contributed by atoms with Crippen LogP contribution in [-0.4, -0.2) is 27.3 Å². The number of amides is 1. The van der Waals surface area contributed by atoms with Crippen molar-refractivity contribution in [3.63, 3.8) is 0 Å². The van der Waals surface area contributed by atoms with Crippen LogP contribution in [0.15, 0.2) is 42.5 Å². The fourth-order valence-electron chi connectivity index (χ4n) is 1.82. The largest absolute Gasteiger partial charge is 0.508 e. The molecule has 21 heavy (non-hydrogen) atoms. The SMILES string of the molecule is N[C@@H](Cc1ccc(O)c(O)c1)C(=O)Nc1ccc(O)cc1. The number of phenolic OH excluding ortho intramolecular Hbond substituents is 3. The van der Waals surface area contributed by atoms with E-state index >= 15 is 0 Å². The molecule has 2 rings (SSSR count). The van der Waals surface area contributed by atoms with E-state index in [0.717, 1.165) is 0 Å². The zero-order valence-corrected chi connectivity index (χ0v) is 11.2. The predicted molar refractivity (Wildman–Crippen MR) is 78.2 cm³/mol. The highest BCUT2D eigenvalue weighted by Gasteiger charge is 2.15. The highest BCUT2D eigenvalue weighted by Crippen LogP contribution is 2.25. The second kappa shape index (κ2) is 6.15. The average Bonchev–Trinajstić information content (AvgIpc) is 2.45. The first-order valence-electron chi connectivity index (χ1n) is 6.32. The predicted octanol–water partition coefficient (Wildman–Crippen LogP) is 1.31. The van der Waals surface area contributed by atoms with Crippen molar-refractivity contribution in [3.8, 4) is 17.2 Å². The molecule has 0 aliphatic carbocycles. The number of anilines is 1. The van der Waals surface area contributed by atoms with E-state index in [1.807, 2.05) is 0 Å². The number of phenols is 3.